The molecular formula is C27H40N4O4. The van der Waals surface area contributed by atoms with Crippen molar-refractivity contribution in [2.24, 2.45) is 11.8 Å². The largest absolute Gasteiger partial charge is 0.469 e. The average molecular weight is 485 g/mol. The molecule has 1 heterocycles. The van der Waals surface area contributed by atoms with Gasteiger partial charge in [-0.05, 0) is 43.4 Å². The number of aromatic amines is 1. The van der Waals surface area contributed by atoms with Gasteiger partial charge in [0.2, 0.25) is 5.91 Å². The van der Waals surface area contributed by atoms with E-state index in [2.05, 4.69) is 22.5 Å². The van der Waals surface area contributed by atoms with Gasteiger partial charge < -0.3 is 20.4 Å². The lowest BCUT2D eigenvalue weighted by molar-refractivity contribution is -0.144. The van der Waals surface area contributed by atoms with Crippen LogP contribution in [-0.4, -0.2) is 40.9 Å². The number of hydrogen-bond donors (Lipinski definition) is 3. The molecule has 0 bridgehead atoms. The van der Waals surface area contributed by atoms with E-state index in [1.807, 2.05) is 26.0 Å². The van der Waals surface area contributed by atoms with Gasteiger partial charge in [0.25, 0.3) is 5.91 Å². The van der Waals surface area contributed by atoms with Crippen LogP contribution < -0.4 is 10.6 Å². The number of ether oxygens (including phenoxy) is 1. The predicted octanol–water partition coefficient (Wildman–Crippen LogP) is 4.81. The topological polar surface area (TPSA) is 113 Å². The monoisotopic (exact) mass is 484 g/mol. The molecule has 0 aliphatic heterocycles. The lowest BCUT2D eigenvalue weighted by Gasteiger charge is -2.23. The summed E-state index contributed by atoms with van der Waals surface area (Å²) in [7, 11) is 1.34. The van der Waals surface area contributed by atoms with Crippen LogP contribution in [0.3, 0.4) is 0 Å². The van der Waals surface area contributed by atoms with Gasteiger partial charge in [-0.15, -0.1) is 0 Å². The van der Waals surface area contributed by atoms with Gasteiger partial charge in [-0.2, -0.15) is 0 Å². The fraction of sp³-hybridized carbons (Fsp3) is 0.630. The number of benzene rings is 1. The maximum Gasteiger partial charge on any atom is 0.306 e. The summed E-state index contributed by atoms with van der Waals surface area (Å²) < 4.78 is 4.80. The van der Waals surface area contributed by atoms with Gasteiger partial charge in [0, 0.05) is 17.5 Å². The number of carbonyl (C=O) groups excluding carboxylic acids is 3. The molecule has 1 aromatic carbocycles. The van der Waals surface area contributed by atoms with Crippen molar-refractivity contribution in [2.45, 2.75) is 90.6 Å². The molecule has 0 radical (unpaired) electrons. The Kier molecular flexibility index (Phi) is 9.69. The van der Waals surface area contributed by atoms with Crippen LogP contribution in [0, 0.1) is 11.8 Å². The predicted molar refractivity (Wildman–Crippen MR) is 136 cm³/mol. The zero-order chi connectivity index (χ0) is 25.4. The number of amides is 2. The van der Waals surface area contributed by atoms with Gasteiger partial charge in [0.05, 0.1) is 30.6 Å². The van der Waals surface area contributed by atoms with E-state index in [9.17, 15) is 14.4 Å². The SMILES string of the molecule is CCCC[C@H](CC(=O)OC)C(=O)N[C@H](c1nc2ccc(C(=O)NC3CCCCC3)cc2[nH]1)C(C)C. The molecular weight excluding hydrogens is 444 g/mol. The highest BCUT2D eigenvalue weighted by Gasteiger charge is 2.28. The van der Waals surface area contributed by atoms with Gasteiger partial charge >= 0.3 is 5.97 Å². The molecule has 1 saturated carbocycles. The molecule has 1 aliphatic rings. The Morgan fingerprint density at radius 3 is 2.57 bits per heavy atom. The summed E-state index contributed by atoms with van der Waals surface area (Å²) in [5.41, 5.74) is 2.10. The van der Waals surface area contributed by atoms with Crippen LogP contribution in [0.4, 0.5) is 0 Å². The summed E-state index contributed by atoms with van der Waals surface area (Å²) in [6, 6.07) is 5.35. The number of rotatable bonds is 11. The first kappa shape index (κ1) is 26.7. The summed E-state index contributed by atoms with van der Waals surface area (Å²) in [6.07, 6.45) is 8.13. The fourth-order valence-electron chi connectivity index (χ4n) is 4.72. The zero-order valence-electron chi connectivity index (χ0n) is 21.5. The highest BCUT2D eigenvalue weighted by molar-refractivity contribution is 5.97. The number of carbonyl (C=O) groups is 3. The van der Waals surface area contributed by atoms with Crippen LogP contribution in [0.15, 0.2) is 18.2 Å². The molecule has 0 spiro atoms. The van der Waals surface area contributed by atoms with Crippen LogP contribution in [0.2, 0.25) is 0 Å². The highest BCUT2D eigenvalue weighted by atomic mass is 16.5. The van der Waals surface area contributed by atoms with Crippen molar-refractivity contribution in [3.63, 3.8) is 0 Å². The van der Waals surface area contributed by atoms with Crippen molar-refractivity contribution in [2.75, 3.05) is 7.11 Å². The summed E-state index contributed by atoms with van der Waals surface area (Å²) in [5, 5.41) is 6.26. The highest BCUT2D eigenvalue weighted by Crippen LogP contribution is 2.25. The molecule has 192 valence electrons. The number of aromatic nitrogens is 2. The summed E-state index contributed by atoms with van der Waals surface area (Å²) in [6.45, 7) is 6.09. The van der Waals surface area contributed by atoms with E-state index in [0.717, 1.165) is 49.6 Å². The van der Waals surface area contributed by atoms with Crippen molar-refractivity contribution < 1.29 is 19.1 Å². The van der Waals surface area contributed by atoms with E-state index in [0.29, 0.717) is 17.8 Å². The number of methoxy groups -OCH3 is 1. The van der Waals surface area contributed by atoms with Crippen molar-refractivity contribution >= 4 is 28.8 Å². The third-order valence-electron chi connectivity index (χ3n) is 6.88. The molecule has 0 unspecified atom stereocenters. The molecule has 8 heteroatoms. The standard InChI is InChI=1S/C27H40N4O4/c1-5-6-10-18(16-23(32)35-4)27(34)31-24(17(2)3)25-29-21-14-13-19(15-22(21)30-25)26(33)28-20-11-8-7-9-12-20/h13-15,17-18,20,24H,5-12,16H2,1-4H3,(H,28,33)(H,29,30)(H,31,34)/t18-,24+/m1/s1. The van der Waals surface area contributed by atoms with Crippen molar-refractivity contribution in [3.8, 4) is 0 Å². The molecule has 2 amide bonds. The fourth-order valence-corrected chi connectivity index (χ4v) is 4.72. The van der Waals surface area contributed by atoms with Crippen LogP contribution in [0.5, 0.6) is 0 Å². The minimum absolute atomic E-state index is 0.0622. The minimum Gasteiger partial charge on any atom is -0.469 e. The Morgan fingerprint density at radius 2 is 1.91 bits per heavy atom. The first-order chi connectivity index (χ1) is 16.8. The molecule has 1 aliphatic carbocycles. The second-order valence-corrected chi connectivity index (χ2v) is 10.0. The average Bonchev–Trinajstić information content (AvgIpc) is 3.28. The third-order valence-corrected chi connectivity index (χ3v) is 6.88. The Morgan fingerprint density at radius 1 is 1.17 bits per heavy atom. The van der Waals surface area contributed by atoms with Crippen LogP contribution >= 0.6 is 0 Å². The van der Waals surface area contributed by atoms with Crippen LogP contribution in [0.25, 0.3) is 11.0 Å². The Balaban J connectivity index is 1.75. The van der Waals surface area contributed by atoms with E-state index in [4.69, 9.17) is 9.72 Å². The number of fused-ring (bicyclic) bond motifs is 1. The Hall–Kier alpha value is -2.90. The second kappa shape index (κ2) is 12.7. The van der Waals surface area contributed by atoms with E-state index in [1.54, 1.807) is 6.07 Å². The lowest BCUT2D eigenvalue weighted by atomic mass is 9.95. The first-order valence-corrected chi connectivity index (χ1v) is 13.0. The molecule has 0 saturated heterocycles. The number of nitrogens with zero attached hydrogens (tertiary/aromatic N) is 1. The number of unbranched alkanes of at least 4 members (excludes halogenated alkanes) is 1. The molecule has 2 aromatic rings. The second-order valence-electron chi connectivity index (χ2n) is 10.0. The molecule has 3 N–H and O–H groups in total. The Labute approximate surface area is 208 Å². The van der Waals surface area contributed by atoms with Crippen LogP contribution in [-0.2, 0) is 14.3 Å². The number of H-pyrrole nitrogens is 1. The molecule has 8 nitrogen and oxygen atoms in total. The quantitative estimate of drug-likeness (QED) is 0.396. The van der Waals surface area contributed by atoms with E-state index in [-0.39, 0.29) is 42.2 Å². The van der Waals surface area contributed by atoms with Gasteiger partial charge in [0.15, 0.2) is 0 Å². The zero-order valence-corrected chi connectivity index (χ0v) is 21.5. The van der Waals surface area contributed by atoms with Crippen LogP contribution in [0.1, 0.15) is 101 Å². The molecule has 1 fully saturated rings. The maximum atomic E-state index is 13.1. The van der Waals surface area contributed by atoms with E-state index < -0.39 is 5.92 Å². The van der Waals surface area contributed by atoms with E-state index >= 15 is 0 Å². The molecule has 1 aromatic heterocycles. The van der Waals surface area contributed by atoms with Crippen molar-refractivity contribution in [1.29, 1.82) is 0 Å². The number of esters is 1. The normalized spacial score (nSPS) is 16.1. The van der Waals surface area contributed by atoms with Crippen molar-refractivity contribution in [3.05, 3.63) is 29.6 Å². The van der Waals surface area contributed by atoms with Gasteiger partial charge in [0.1, 0.15) is 5.82 Å². The lowest BCUT2D eigenvalue weighted by Crippen LogP contribution is -2.37. The Bertz CT molecular complexity index is 1010. The first-order valence-electron chi connectivity index (χ1n) is 13.0. The molecule has 35 heavy (non-hydrogen) atoms. The van der Waals surface area contributed by atoms with Gasteiger partial charge in [-0.25, -0.2) is 4.98 Å². The van der Waals surface area contributed by atoms with Gasteiger partial charge in [-0.1, -0.05) is 52.9 Å². The maximum absolute atomic E-state index is 13.1. The summed E-state index contributed by atoms with van der Waals surface area (Å²) >= 11 is 0. The molecule has 3 rings (SSSR count). The summed E-state index contributed by atoms with van der Waals surface area (Å²) in [5.74, 6) is -0.354. The smallest absolute Gasteiger partial charge is 0.306 e. The van der Waals surface area contributed by atoms with Gasteiger partial charge in [-0.3, -0.25) is 14.4 Å². The number of nitrogens with one attached hydrogen (secondary N) is 3. The molecule has 2 atom stereocenters. The number of imidazole rings is 1. The van der Waals surface area contributed by atoms with E-state index in [1.165, 1.54) is 13.5 Å². The third kappa shape index (κ3) is 7.29. The minimum atomic E-state index is -0.442. The summed E-state index contributed by atoms with van der Waals surface area (Å²) in [4.78, 5) is 45.8. The number of hydrogen-bond acceptors (Lipinski definition) is 5. The van der Waals surface area contributed by atoms with Crippen molar-refractivity contribution in [1.82, 2.24) is 20.6 Å².